The van der Waals surface area contributed by atoms with Crippen molar-refractivity contribution in [1.29, 1.82) is 0 Å². The molecule has 3 aliphatic rings. The molecule has 4 rings (SSSR count). The molecule has 2 amide bonds. The van der Waals surface area contributed by atoms with Gasteiger partial charge in [-0.3, -0.25) is 9.59 Å². The summed E-state index contributed by atoms with van der Waals surface area (Å²) in [6.07, 6.45) is 7.59. The summed E-state index contributed by atoms with van der Waals surface area (Å²) in [5.41, 5.74) is 0.699. The number of ether oxygens (including phenoxy) is 1. The van der Waals surface area contributed by atoms with E-state index in [1.54, 1.807) is 7.11 Å². The second-order valence-electron chi connectivity index (χ2n) is 8.95. The molecule has 3 fully saturated rings. The predicted octanol–water partition coefficient (Wildman–Crippen LogP) is 3.02. The molecule has 164 valence electrons. The summed E-state index contributed by atoms with van der Waals surface area (Å²) in [6.45, 7) is 5.54. The molecule has 0 radical (unpaired) electrons. The number of nitrogens with zero attached hydrogens (tertiary/aromatic N) is 3. The van der Waals surface area contributed by atoms with Gasteiger partial charge >= 0.3 is 0 Å². The Kier molecular flexibility index (Phi) is 6.93. The largest absolute Gasteiger partial charge is 0.497 e. The number of carbonyl (C=O) groups is 2. The summed E-state index contributed by atoms with van der Waals surface area (Å²) >= 11 is 0. The van der Waals surface area contributed by atoms with Gasteiger partial charge in [-0.05, 0) is 76.2 Å². The Morgan fingerprint density at radius 3 is 2.23 bits per heavy atom. The van der Waals surface area contributed by atoms with Crippen molar-refractivity contribution in [2.24, 2.45) is 5.92 Å². The van der Waals surface area contributed by atoms with Gasteiger partial charge in [0.15, 0.2) is 0 Å². The Labute approximate surface area is 180 Å². The minimum atomic E-state index is 0.0955. The molecule has 3 heterocycles. The fourth-order valence-corrected chi connectivity index (χ4v) is 5.26. The maximum Gasteiger partial charge on any atom is 0.253 e. The highest BCUT2D eigenvalue weighted by molar-refractivity contribution is 5.94. The van der Waals surface area contributed by atoms with Gasteiger partial charge in [0.1, 0.15) is 5.75 Å². The van der Waals surface area contributed by atoms with Crippen molar-refractivity contribution in [3.63, 3.8) is 0 Å². The zero-order chi connectivity index (χ0) is 20.9. The lowest BCUT2D eigenvalue weighted by molar-refractivity contribution is -0.138. The fraction of sp³-hybridized carbons (Fsp3) is 0.667. The number of piperidine rings is 3. The first kappa shape index (κ1) is 21.2. The molecule has 0 aliphatic carbocycles. The van der Waals surface area contributed by atoms with Gasteiger partial charge in [-0.1, -0.05) is 6.07 Å². The van der Waals surface area contributed by atoms with E-state index >= 15 is 0 Å². The Morgan fingerprint density at radius 2 is 1.57 bits per heavy atom. The maximum absolute atomic E-state index is 12.8. The number of likely N-dealkylation sites (tertiary alicyclic amines) is 3. The van der Waals surface area contributed by atoms with E-state index in [0.717, 1.165) is 83.5 Å². The van der Waals surface area contributed by atoms with Crippen LogP contribution in [0.15, 0.2) is 24.3 Å². The average Bonchev–Trinajstić information content (AvgIpc) is 2.84. The van der Waals surface area contributed by atoms with E-state index in [-0.39, 0.29) is 11.8 Å². The fourth-order valence-electron chi connectivity index (χ4n) is 5.26. The molecule has 0 aromatic heterocycles. The molecular weight excluding hydrogens is 378 g/mol. The Morgan fingerprint density at radius 1 is 0.867 bits per heavy atom. The monoisotopic (exact) mass is 413 g/mol. The molecule has 6 heteroatoms. The highest BCUT2D eigenvalue weighted by Crippen LogP contribution is 2.27. The maximum atomic E-state index is 12.8. The topological polar surface area (TPSA) is 53.1 Å². The normalized spacial score (nSPS) is 22.2. The minimum Gasteiger partial charge on any atom is -0.497 e. The van der Waals surface area contributed by atoms with Crippen molar-refractivity contribution in [3.05, 3.63) is 29.8 Å². The van der Waals surface area contributed by atoms with E-state index in [2.05, 4.69) is 9.80 Å². The third-order valence-electron chi connectivity index (χ3n) is 7.13. The lowest BCUT2D eigenvalue weighted by Gasteiger charge is -2.42. The van der Waals surface area contributed by atoms with Gasteiger partial charge in [0.2, 0.25) is 5.91 Å². The SMILES string of the molecule is COc1cccc(C(=O)N2CCC(N3CCC(C(=O)N4CCCCC4)CC3)CC2)c1. The highest BCUT2D eigenvalue weighted by Gasteiger charge is 2.33. The predicted molar refractivity (Wildman–Crippen MR) is 117 cm³/mol. The number of rotatable bonds is 4. The van der Waals surface area contributed by atoms with Crippen molar-refractivity contribution in [1.82, 2.24) is 14.7 Å². The first-order chi connectivity index (χ1) is 14.7. The number of methoxy groups -OCH3 is 1. The molecular formula is C24H35N3O3. The van der Waals surface area contributed by atoms with Crippen molar-refractivity contribution < 1.29 is 14.3 Å². The van der Waals surface area contributed by atoms with Crippen LogP contribution < -0.4 is 4.74 Å². The summed E-state index contributed by atoms with van der Waals surface area (Å²) in [6, 6.07) is 7.95. The van der Waals surface area contributed by atoms with Crippen molar-refractivity contribution >= 4 is 11.8 Å². The second kappa shape index (κ2) is 9.82. The smallest absolute Gasteiger partial charge is 0.253 e. The van der Waals surface area contributed by atoms with Crippen LogP contribution in [0.4, 0.5) is 0 Å². The van der Waals surface area contributed by atoms with Gasteiger partial charge in [-0.2, -0.15) is 0 Å². The Balaban J connectivity index is 1.24. The van der Waals surface area contributed by atoms with Crippen LogP contribution in [0.3, 0.4) is 0 Å². The van der Waals surface area contributed by atoms with Crippen LogP contribution in [0, 0.1) is 5.92 Å². The van der Waals surface area contributed by atoms with Gasteiger partial charge in [0.25, 0.3) is 5.91 Å². The lowest BCUT2D eigenvalue weighted by atomic mass is 9.91. The van der Waals surface area contributed by atoms with Crippen LogP contribution >= 0.6 is 0 Å². The van der Waals surface area contributed by atoms with Gasteiger partial charge in [0.05, 0.1) is 7.11 Å². The Bertz CT molecular complexity index is 731. The van der Waals surface area contributed by atoms with Gasteiger partial charge in [-0.25, -0.2) is 0 Å². The van der Waals surface area contributed by atoms with Crippen LogP contribution in [-0.4, -0.2) is 78.9 Å². The second-order valence-corrected chi connectivity index (χ2v) is 8.95. The van der Waals surface area contributed by atoms with Gasteiger partial charge in [-0.15, -0.1) is 0 Å². The zero-order valence-corrected chi connectivity index (χ0v) is 18.2. The highest BCUT2D eigenvalue weighted by atomic mass is 16.5. The average molecular weight is 414 g/mol. The molecule has 0 bridgehead atoms. The number of amides is 2. The molecule has 1 aromatic rings. The van der Waals surface area contributed by atoms with E-state index in [9.17, 15) is 9.59 Å². The van der Waals surface area contributed by atoms with E-state index in [1.807, 2.05) is 29.2 Å². The summed E-state index contributed by atoms with van der Waals surface area (Å²) in [5.74, 6) is 1.43. The first-order valence-corrected chi connectivity index (χ1v) is 11.6. The molecule has 0 atom stereocenters. The van der Waals surface area contributed by atoms with Crippen LogP contribution in [-0.2, 0) is 4.79 Å². The molecule has 0 saturated carbocycles. The molecule has 3 aliphatic heterocycles. The lowest BCUT2D eigenvalue weighted by Crippen LogP contribution is -2.50. The van der Waals surface area contributed by atoms with Crippen LogP contribution in [0.5, 0.6) is 5.75 Å². The summed E-state index contributed by atoms with van der Waals surface area (Å²) in [7, 11) is 1.62. The molecule has 0 N–H and O–H groups in total. The Hall–Kier alpha value is -2.08. The summed E-state index contributed by atoms with van der Waals surface area (Å²) in [4.78, 5) is 32.3. The van der Waals surface area contributed by atoms with Gasteiger partial charge in [0, 0.05) is 43.7 Å². The van der Waals surface area contributed by atoms with E-state index in [1.165, 1.54) is 6.42 Å². The minimum absolute atomic E-state index is 0.0955. The number of hydrogen-bond acceptors (Lipinski definition) is 4. The van der Waals surface area contributed by atoms with Crippen LogP contribution in [0.2, 0.25) is 0 Å². The summed E-state index contributed by atoms with van der Waals surface area (Å²) in [5, 5.41) is 0. The van der Waals surface area contributed by atoms with Crippen molar-refractivity contribution in [2.45, 2.75) is 51.0 Å². The van der Waals surface area contributed by atoms with E-state index < -0.39 is 0 Å². The van der Waals surface area contributed by atoms with E-state index in [4.69, 9.17) is 4.74 Å². The molecule has 6 nitrogen and oxygen atoms in total. The quantitative estimate of drug-likeness (QED) is 0.761. The number of hydrogen-bond donors (Lipinski definition) is 0. The number of carbonyl (C=O) groups excluding carboxylic acids is 2. The molecule has 1 aromatic carbocycles. The summed E-state index contributed by atoms with van der Waals surface area (Å²) < 4.78 is 5.25. The van der Waals surface area contributed by atoms with Gasteiger partial charge < -0.3 is 19.4 Å². The first-order valence-electron chi connectivity index (χ1n) is 11.6. The molecule has 0 unspecified atom stereocenters. The third-order valence-corrected chi connectivity index (χ3v) is 7.13. The molecule has 0 spiro atoms. The van der Waals surface area contributed by atoms with Crippen molar-refractivity contribution in [2.75, 3.05) is 46.4 Å². The molecule has 30 heavy (non-hydrogen) atoms. The standard InChI is InChI=1S/C24H35N3O3/c1-30-22-7-5-6-20(18-22)24(29)27-16-10-21(11-17-27)25-14-8-19(9-15-25)23(28)26-12-3-2-4-13-26/h5-7,18-19,21H,2-4,8-17H2,1H3. The van der Waals surface area contributed by atoms with E-state index in [0.29, 0.717) is 17.5 Å². The van der Waals surface area contributed by atoms with Crippen LogP contribution in [0.25, 0.3) is 0 Å². The van der Waals surface area contributed by atoms with Crippen LogP contribution in [0.1, 0.15) is 55.3 Å². The number of benzene rings is 1. The molecule has 3 saturated heterocycles. The zero-order valence-electron chi connectivity index (χ0n) is 18.2. The third kappa shape index (κ3) is 4.80. The van der Waals surface area contributed by atoms with Crippen molar-refractivity contribution in [3.8, 4) is 5.75 Å².